The molecule has 0 heterocycles. The highest BCUT2D eigenvalue weighted by Gasteiger charge is 2.46. The van der Waals surface area contributed by atoms with E-state index in [0.29, 0.717) is 0 Å². The minimum atomic E-state index is -0.111. The van der Waals surface area contributed by atoms with Crippen molar-refractivity contribution in [1.29, 1.82) is 0 Å². The van der Waals surface area contributed by atoms with Crippen LogP contribution in [-0.2, 0) is 5.54 Å². The van der Waals surface area contributed by atoms with Gasteiger partial charge >= 0.3 is 0 Å². The van der Waals surface area contributed by atoms with Crippen LogP contribution in [0.15, 0.2) is 24.3 Å². The third-order valence-electron chi connectivity index (χ3n) is 2.30. The molecular formula is C9H11FN+. The van der Waals surface area contributed by atoms with E-state index in [1.54, 1.807) is 6.07 Å². The molecule has 0 saturated heterocycles. The van der Waals surface area contributed by atoms with Crippen molar-refractivity contribution in [1.82, 2.24) is 0 Å². The zero-order valence-electron chi connectivity index (χ0n) is 6.31. The predicted molar refractivity (Wildman–Crippen MR) is 40.2 cm³/mol. The molecule has 1 aromatic carbocycles. The molecule has 1 aromatic rings. The van der Waals surface area contributed by atoms with Gasteiger partial charge in [-0.2, -0.15) is 0 Å². The summed E-state index contributed by atoms with van der Waals surface area (Å²) in [6.07, 6.45) is 2.04. The van der Waals surface area contributed by atoms with Crippen molar-refractivity contribution in [3.05, 3.63) is 35.6 Å². The molecule has 0 aliphatic heterocycles. The number of benzene rings is 1. The van der Waals surface area contributed by atoms with Crippen molar-refractivity contribution in [3.63, 3.8) is 0 Å². The fraction of sp³-hybridized carbons (Fsp3) is 0.333. The zero-order chi connectivity index (χ0) is 7.90. The first-order valence-corrected chi connectivity index (χ1v) is 3.83. The highest BCUT2D eigenvalue weighted by molar-refractivity contribution is 5.27. The van der Waals surface area contributed by atoms with E-state index in [9.17, 15) is 4.39 Å². The van der Waals surface area contributed by atoms with Crippen LogP contribution in [0.25, 0.3) is 0 Å². The van der Waals surface area contributed by atoms with Gasteiger partial charge in [-0.3, -0.25) is 0 Å². The third-order valence-corrected chi connectivity index (χ3v) is 2.30. The highest BCUT2D eigenvalue weighted by Crippen LogP contribution is 2.41. The van der Waals surface area contributed by atoms with E-state index in [0.717, 1.165) is 18.4 Å². The quantitative estimate of drug-likeness (QED) is 0.623. The van der Waals surface area contributed by atoms with Gasteiger partial charge in [0.1, 0.15) is 11.4 Å². The second kappa shape index (κ2) is 2.05. The fourth-order valence-electron chi connectivity index (χ4n) is 1.31. The molecule has 2 rings (SSSR count). The van der Waals surface area contributed by atoms with Crippen LogP contribution in [0.4, 0.5) is 4.39 Å². The van der Waals surface area contributed by atoms with E-state index in [2.05, 4.69) is 5.73 Å². The normalized spacial score (nSPS) is 19.8. The minimum Gasteiger partial charge on any atom is -0.349 e. The topological polar surface area (TPSA) is 27.6 Å². The van der Waals surface area contributed by atoms with Crippen LogP contribution in [0.5, 0.6) is 0 Å². The zero-order valence-corrected chi connectivity index (χ0v) is 6.31. The summed E-state index contributed by atoms with van der Waals surface area (Å²) in [7, 11) is 0. The van der Waals surface area contributed by atoms with Gasteiger partial charge in [0.25, 0.3) is 0 Å². The molecule has 1 nitrogen and oxygen atoms in total. The number of quaternary nitrogens is 1. The number of hydrogen-bond acceptors (Lipinski definition) is 0. The van der Waals surface area contributed by atoms with Gasteiger partial charge in [0.2, 0.25) is 0 Å². The molecule has 0 atom stereocenters. The molecule has 1 fully saturated rings. The third kappa shape index (κ3) is 1.03. The van der Waals surface area contributed by atoms with Crippen LogP contribution in [0.1, 0.15) is 18.4 Å². The molecule has 1 aliphatic rings. The largest absolute Gasteiger partial charge is 0.349 e. The maximum absolute atomic E-state index is 13.1. The summed E-state index contributed by atoms with van der Waals surface area (Å²) < 4.78 is 13.1. The lowest BCUT2D eigenvalue weighted by Crippen LogP contribution is -2.61. The van der Waals surface area contributed by atoms with Gasteiger partial charge in [0.05, 0.1) is 0 Å². The molecule has 11 heavy (non-hydrogen) atoms. The molecule has 2 heteroatoms. The molecule has 0 aromatic heterocycles. The lowest BCUT2D eigenvalue weighted by atomic mass is 10.1. The summed E-state index contributed by atoms with van der Waals surface area (Å²) >= 11 is 0. The van der Waals surface area contributed by atoms with Crippen molar-refractivity contribution in [2.45, 2.75) is 18.4 Å². The molecule has 58 valence electrons. The van der Waals surface area contributed by atoms with E-state index in [-0.39, 0.29) is 11.4 Å². The Morgan fingerprint density at radius 1 is 1.27 bits per heavy atom. The SMILES string of the molecule is [NH3+]C1(c2ccccc2F)CC1. The smallest absolute Gasteiger partial charge is 0.132 e. The Kier molecular flexibility index (Phi) is 1.26. The summed E-state index contributed by atoms with van der Waals surface area (Å²) in [6.45, 7) is 0. The Morgan fingerprint density at radius 2 is 1.91 bits per heavy atom. The lowest BCUT2D eigenvalue weighted by molar-refractivity contribution is -0.447. The summed E-state index contributed by atoms with van der Waals surface area (Å²) in [6, 6.07) is 6.91. The molecule has 0 amide bonds. The molecule has 1 saturated carbocycles. The van der Waals surface area contributed by atoms with Crippen LogP contribution in [0.2, 0.25) is 0 Å². The Morgan fingerprint density at radius 3 is 2.45 bits per heavy atom. The maximum Gasteiger partial charge on any atom is 0.132 e. The van der Waals surface area contributed by atoms with E-state index in [4.69, 9.17) is 0 Å². The van der Waals surface area contributed by atoms with Crippen LogP contribution in [0, 0.1) is 5.82 Å². The van der Waals surface area contributed by atoms with Crippen molar-refractivity contribution < 1.29 is 10.1 Å². The molecular weight excluding hydrogens is 141 g/mol. The maximum atomic E-state index is 13.1. The Hall–Kier alpha value is -0.890. The van der Waals surface area contributed by atoms with Gasteiger partial charge in [-0.25, -0.2) is 4.39 Å². The Balaban J connectivity index is 2.45. The van der Waals surface area contributed by atoms with Gasteiger partial charge in [0.15, 0.2) is 0 Å². The van der Waals surface area contributed by atoms with Crippen molar-refractivity contribution in [3.8, 4) is 0 Å². The van der Waals surface area contributed by atoms with Gasteiger partial charge in [-0.15, -0.1) is 0 Å². The fourth-order valence-corrected chi connectivity index (χ4v) is 1.31. The van der Waals surface area contributed by atoms with Crippen molar-refractivity contribution in [2.24, 2.45) is 0 Å². The molecule has 3 N–H and O–H groups in total. The van der Waals surface area contributed by atoms with E-state index in [1.165, 1.54) is 6.07 Å². The van der Waals surface area contributed by atoms with Crippen molar-refractivity contribution in [2.75, 3.05) is 0 Å². The molecule has 0 radical (unpaired) electrons. The highest BCUT2D eigenvalue weighted by atomic mass is 19.1. The summed E-state index contributed by atoms with van der Waals surface area (Å²) in [5.74, 6) is -0.111. The van der Waals surface area contributed by atoms with E-state index < -0.39 is 0 Å². The predicted octanol–water partition coefficient (Wildman–Crippen LogP) is 1.06. The average Bonchev–Trinajstić information content (AvgIpc) is 2.70. The molecule has 1 aliphatic carbocycles. The minimum absolute atomic E-state index is 0.0919. The summed E-state index contributed by atoms with van der Waals surface area (Å²) in [4.78, 5) is 0. The monoisotopic (exact) mass is 152 g/mol. The average molecular weight is 152 g/mol. The Labute approximate surface area is 65.0 Å². The summed E-state index contributed by atoms with van der Waals surface area (Å²) in [5, 5.41) is 0. The molecule has 0 unspecified atom stereocenters. The van der Waals surface area contributed by atoms with Gasteiger partial charge in [0, 0.05) is 18.4 Å². The van der Waals surface area contributed by atoms with Crippen molar-refractivity contribution >= 4 is 0 Å². The second-order valence-electron chi connectivity index (χ2n) is 3.26. The number of hydrogen-bond donors (Lipinski definition) is 1. The van der Waals surface area contributed by atoms with Gasteiger partial charge in [-0.05, 0) is 12.1 Å². The second-order valence-corrected chi connectivity index (χ2v) is 3.26. The van der Waals surface area contributed by atoms with Crippen LogP contribution in [-0.4, -0.2) is 0 Å². The van der Waals surface area contributed by atoms with Gasteiger partial charge in [-0.1, -0.05) is 12.1 Å². The van der Waals surface area contributed by atoms with E-state index >= 15 is 0 Å². The lowest BCUT2D eigenvalue weighted by Gasteiger charge is -2.05. The standard InChI is InChI=1S/C9H10FN/c10-8-4-2-1-3-7(8)9(11)5-6-9/h1-4H,5-6,11H2/p+1. The first kappa shape index (κ1) is 6.80. The van der Waals surface area contributed by atoms with Crippen LogP contribution >= 0.6 is 0 Å². The molecule has 0 spiro atoms. The first-order valence-electron chi connectivity index (χ1n) is 3.83. The Bertz CT molecular complexity index is 279. The van der Waals surface area contributed by atoms with E-state index in [1.807, 2.05) is 12.1 Å². The van der Waals surface area contributed by atoms with Crippen LogP contribution in [0.3, 0.4) is 0 Å². The van der Waals surface area contributed by atoms with Crippen LogP contribution < -0.4 is 5.73 Å². The molecule has 0 bridgehead atoms. The first-order chi connectivity index (χ1) is 5.22. The number of rotatable bonds is 1. The summed E-state index contributed by atoms with van der Waals surface area (Å²) in [5.41, 5.74) is 4.66. The van der Waals surface area contributed by atoms with Gasteiger partial charge < -0.3 is 5.73 Å². The number of halogens is 1.